The van der Waals surface area contributed by atoms with E-state index in [2.05, 4.69) is 24.4 Å². The second kappa shape index (κ2) is 7.06. The van der Waals surface area contributed by atoms with E-state index in [1.165, 1.54) is 0 Å². The van der Waals surface area contributed by atoms with Gasteiger partial charge in [-0.3, -0.25) is 0 Å². The SMILES string of the molecule is CCOC(=O)Oc1ncc(F)c(/N=C/[As](C)C)n1. The zero-order valence-electron chi connectivity index (χ0n) is 10.3. The van der Waals surface area contributed by atoms with Gasteiger partial charge in [-0.25, -0.2) is 0 Å². The molecule has 0 aliphatic carbocycles. The molecular formula is C10H13AsFN3O3. The Bertz CT molecular complexity index is 454. The first-order chi connectivity index (χ1) is 8.52. The van der Waals surface area contributed by atoms with Gasteiger partial charge in [-0.1, -0.05) is 0 Å². The van der Waals surface area contributed by atoms with Crippen LogP contribution in [0.2, 0.25) is 11.4 Å². The van der Waals surface area contributed by atoms with Crippen LogP contribution in [0.3, 0.4) is 0 Å². The van der Waals surface area contributed by atoms with Crippen molar-refractivity contribution in [2.75, 3.05) is 6.61 Å². The van der Waals surface area contributed by atoms with Crippen LogP contribution in [0, 0.1) is 5.82 Å². The summed E-state index contributed by atoms with van der Waals surface area (Å²) in [6.07, 6.45) is -0.0330. The Morgan fingerprint density at radius 3 is 2.94 bits per heavy atom. The quantitative estimate of drug-likeness (QED) is 0.483. The van der Waals surface area contributed by atoms with Gasteiger partial charge in [-0.2, -0.15) is 0 Å². The van der Waals surface area contributed by atoms with Crippen LogP contribution in [0.1, 0.15) is 6.92 Å². The molecule has 1 heterocycles. The first-order valence-electron chi connectivity index (χ1n) is 5.10. The van der Waals surface area contributed by atoms with Gasteiger partial charge >= 0.3 is 108 Å². The average molecular weight is 317 g/mol. The van der Waals surface area contributed by atoms with Gasteiger partial charge in [-0.05, 0) is 0 Å². The second-order valence-corrected chi connectivity index (χ2v) is 7.85. The number of rotatable bonds is 4. The summed E-state index contributed by atoms with van der Waals surface area (Å²) >= 11 is -1.13. The molecule has 0 N–H and O–H groups in total. The molecule has 1 aromatic heterocycles. The first kappa shape index (κ1) is 14.6. The number of carbonyl (C=O) groups is 1. The molecule has 0 saturated heterocycles. The van der Waals surface area contributed by atoms with Crippen LogP contribution < -0.4 is 4.74 Å². The summed E-state index contributed by atoms with van der Waals surface area (Å²) in [4.78, 5) is 22.1. The zero-order chi connectivity index (χ0) is 13.5. The molecule has 1 aromatic rings. The van der Waals surface area contributed by atoms with Crippen molar-refractivity contribution in [2.45, 2.75) is 18.3 Å². The molecule has 0 fully saturated rings. The molecule has 0 atom stereocenters. The maximum absolute atomic E-state index is 13.3. The third kappa shape index (κ3) is 4.79. The zero-order valence-corrected chi connectivity index (χ0v) is 12.1. The molecule has 0 radical (unpaired) electrons. The fraction of sp³-hybridized carbons (Fsp3) is 0.400. The number of aromatic nitrogens is 2. The number of hydrogen-bond donors (Lipinski definition) is 0. The van der Waals surface area contributed by atoms with E-state index in [9.17, 15) is 9.18 Å². The van der Waals surface area contributed by atoms with Gasteiger partial charge in [0.05, 0.1) is 0 Å². The van der Waals surface area contributed by atoms with Gasteiger partial charge in [0.1, 0.15) is 0 Å². The molecule has 0 aliphatic heterocycles. The molecule has 0 aromatic carbocycles. The van der Waals surface area contributed by atoms with E-state index >= 15 is 0 Å². The molecule has 18 heavy (non-hydrogen) atoms. The van der Waals surface area contributed by atoms with Gasteiger partial charge in [0.2, 0.25) is 0 Å². The molecule has 0 aliphatic rings. The van der Waals surface area contributed by atoms with Gasteiger partial charge in [0, 0.05) is 0 Å². The van der Waals surface area contributed by atoms with Crippen LogP contribution in [0.15, 0.2) is 11.2 Å². The van der Waals surface area contributed by atoms with E-state index in [1.54, 1.807) is 11.9 Å². The number of nitrogens with zero attached hydrogens (tertiary/aromatic N) is 3. The monoisotopic (exact) mass is 317 g/mol. The minimum absolute atomic E-state index is 0.146. The fourth-order valence-corrected chi connectivity index (χ4v) is 1.59. The Morgan fingerprint density at radius 2 is 2.33 bits per heavy atom. The van der Waals surface area contributed by atoms with E-state index in [1.807, 2.05) is 11.4 Å². The molecule has 0 spiro atoms. The van der Waals surface area contributed by atoms with Crippen LogP contribution in [0.4, 0.5) is 15.0 Å². The standard InChI is InChI=1S/C10H13AsFN3O3/c1-4-17-10(16)18-9-13-5-7(12)8(15-9)14-6-11(2)3/h5-6H,4H2,1-3H3/b14-6+. The number of aliphatic imine (C=N–C) groups is 1. The minimum atomic E-state index is -1.13. The molecule has 6 nitrogen and oxygen atoms in total. The summed E-state index contributed by atoms with van der Waals surface area (Å²) in [5, 5.41) is 1.67. The Hall–Kier alpha value is -1.49. The van der Waals surface area contributed by atoms with E-state index in [4.69, 9.17) is 0 Å². The average Bonchev–Trinajstić information content (AvgIpc) is 2.30. The predicted molar refractivity (Wildman–Crippen MR) is 65.3 cm³/mol. The summed E-state index contributed by atoms with van der Waals surface area (Å²) < 4.78 is 22.5. The summed E-state index contributed by atoms with van der Waals surface area (Å²) in [5.74, 6) is -0.814. The molecule has 0 saturated carbocycles. The molecular weight excluding hydrogens is 304 g/mol. The van der Waals surface area contributed by atoms with Crippen molar-refractivity contribution >= 4 is 31.6 Å². The van der Waals surface area contributed by atoms with Crippen molar-refractivity contribution in [3.63, 3.8) is 0 Å². The van der Waals surface area contributed by atoms with Crippen LogP contribution in [-0.2, 0) is 4.74 Å². The topological polar surface area (TPSA) is 73.7 Å². The number of carbonyl (C=O) groups excluding carboxylic acids is 1. The molecule has 0 amide bonds. The normalized spacial score (nSPS) is 10.9. The molecule has 0 bridgehead atoms. The number of halogens is 1. The summed E-state index contributed by atoms with van der Waals surface area (Å²) in [6, 6.07) is -0.284. The van der Waals surface area contributed by atoms with Crippen molar-refractivity contribution < 1.29 is 18.7 Å². The maximum atomic E-state index is 13.3. The third-order valence-electron chi connectivity index (χ3n) is 1.55. The Labute approximate surface area is 109 Å². The predicted octanol–water partition coefficient (Wildman–Crippen LogP) is 2.15. The molecule has 1 rings (SSSR count). The molecule has 0 unspecified atom stereocenters. The summed E-state index contributed by atoms with van der Waals surface area (Å²) in [7, 11) is 0. The van der Waals surface area contributed by atoms with Gasteiger partial charge in [-0.15, -0.1) is 0 Å². The summed E-state index contributed by atoms with van der Waals surface area (Å²) in [6.45, 7) is 1.81. The van der Waals surface area contributed by atoms with Crippen molar-refractivity contribution in [1.82, 2.24) is 9.97 Å². The second-order valence-electron chi connectivity index (χ2n) is 3.32. The van der Waals surface area contributed by atoms with Crippen LogP contribution in [0.25, 0.3) is 0 Å². The van der Waals surface area contributed by atoms with E-state index in [0.29, 0.717) is 0 Å². The van der Waals surface area contributed by atoms with Crippen LogP contribution in [-0.4, -0.2) is 42.4 Å². The van der Waals surface area contributed by atoms with E-state index in [0.717, 1.165) is 6.20 Å². The van der Waals surface area contributed by atoms with Crippen molar-refractivity contribution in [3.05, 3.63) is 12.0 Å². The Balaban J connectivity index is 2.83. The molecule has 8 heteroatoms. The Morgan fingerprint density at radius 1 is 1.61 bits per heavy atom. The third-order valence-corrected chi connectivity index (χ3v) is 2.76. The van der Waals surface area contributed by atoms with Crippen molar-refractivity contribution in [1.29, 1.82) is 0 Å². The Kier molecular flexibility index (Phi) is 5.71. The number of hydrogen-bond acceptors (Lipinski definition) is 6. The number of ether oxygens (including phenoxy) is 2. The molecule has 98 valence electrons. The van der Waals surface area contributed by atoms with Crippen LogP contribution in [0.5, 0.6) is 6.01 Å². The summed E-state index contributed by atoms with van der Waals surface area (Å²) in [5.41, 5.74) is 4.07. The van der Waals surface area contributed by atoms with Crippen LogP contribution >= 0.6 is 0 Å². The van der Waals surface area contributed by atoms with Gasteiger partial charge in [0.25, 0.3) is 0 Å². The van der Waals surface area contributed by atoms with Crippen molar-refractivity contribution in [3.8, 4) is 6.01 Å². The fourth-order valence-electron chi connectivity index (χ4n) is 0.874. The van der Waals surface area contributed by atoms with E-state index in [-0.39, 0.29) is 18.4 Å². The van der Waals surface area contributed by atoms with Gasteiger partial charge < -0.3 is 0 Å². The van der Waals surface area contributed by atoms with Crippen molar-refractivity contribution in [2.24, 2.45) is 4.99 Å². The van der Waals surface area contributed by atoms with E-state index < -0.39 is 26.6 Å². The first-order valence-corrected chi connectivity index (χ1v) is 9.94. The van der Waals surface area contributed by atoms with Gasteiger partial charge in [0.15, 0.2) is 0 Å².